The Labute approximate surface area is 117 Å². The minimum atomic E-state index is -0.691. The van der Waals surface area contributed by atoms with E-state index in [1.807, 2.05) is 20.8 Å². The molecule has 8 heteroatoms. The maximum atomic E-state index is 11.8. The van der Waals surface area contributed by atoms with Gasteiger partial charge in [-0.3, -0.25) is 4.79 Å². The molecule has 112 valence electrons. The number of carbonyl (C=O) groups excluding carboxylic acids is 2. The Bertz CT molecular complexity index is 478. The largest absolute Gasteiger partial charge is 0.459 e. The average Bonchev–Trinajstić information content (AvgIpc) is 2.83. The van der Waals surface area contributed by atoms with E-state index in [1.54, 1.807) is 6.92 Å². The first-order valence-corrected chi connectivity index (χ1v) is 6.28. The molecule has 0 saturated carbocycles. The van der Waals surface area contributed by atoms with Crippen LogP contribution in [-0.4, -0.2) is 34.7 Å². The van der Waals surface area contributed by atoms with Crippen LogP contribution < -0.4 is 11.1 Å². The summed E-state index contributed by atoms with van der Waals surface area (Å²) in [6, 6.07) is -0.654. The average molecular weight is 284 g/mol. The number of esters is 1. The molecular weight excluding hydrogens is 264 g/mol. The van der Waals surface area contributed by atoms with E-state index in [1.165, 1.54) is 0 Å². The minimum absolute atomic E-state index is 0.0333. The molecule has 1 rings (SSSR count). The number of nitrogens with zero attached hydrogens (tertiary/aromatic N) is 2. The normalized spacial score (nSPS) is 12.8. The van der Waals surface area contributed by atoms with E-state index in [4.69, 9.17) is 15.0 Å². The highest BCUT2D eigenvalue weighted by atomic mass is 16.6. The first-order chi connectivity index (χ1) is 9.25. The number of rotatable bonds is 5. The van der Waals surface area contributed by atoms with Gasteiger partial charge in [-0.05, 0) is 12.3 Å². The van der Waals surface area contributed by atoms with Crippen LogP contribution >= 0.6 is 0 Å². The number of carbonyl (C=O) groups is 2. The minimum Gasteiger partial charge on any atom is -0.459 e. The van der Waals surface area contributed by atoms with Crippen molar-refractivity contribution in [3.05, 3.63) is 11.7 Å². The summed E-state index contributed by atoms with van der Waals surface area (Å²) in [7, 11) is 0. The molecule has 1 aromatic rings. The van der Waals surface area contributed by atoms with Gasteiger partial charge in [0, 0.05) is 0 Å². The predicted molar refractivity (Wildman–Crippen MR) is 69.5 cm³/mol. The Morgan fingerprint density at radius 1 is 1.45 bits per heavy atom. The topological polar surface area (TPSA) is 120 Å². The number of nitrogens with one attached hydrogen (secondary N) is 1. The van der Waals surface area contributed by atoms with E-state index in [-0.39, 0.29) is 36.2 Å². The lowest BCUT2D eigenvalue weighted by molar-refractivity contribution is -0.124. The smallest absolute Gasteiger partial charge is 0.397 e. The zero-order valence-corrected chi connectivity index (χ0v) is 12.1. The molecule has 0 radical (unpaired) electrons. The molecule has 1 heterocycles. The maximum absolute atomic E-state index is 11.8. The molecule has 1 atom stereocenters. The van der Waals surface area contributed by atoms with E-state index in [2.05, 4.69) is 15.5 Å². The van der Waals surface area contributed by atoms with Crippen molar-refractivity contribution in [2.24, 2.45) is 11.1 Å². The first kappa shape index (κ1) is 16.1. The van der Waals surface area contributed by atoms with Gasteiger partial charge in [0.15, 0.2) is 5.82 Å². The van der Waals surface area contributed by atoms with Gasteiger partial charge in [-0.1, -0.05) is 25.9 Å². The monoisotopic (exact) mass is 284 g/mol. The highest BCUT2D eigenvalue weighted by Gasteiger charge is 2.27. The molecule has 0 spiro atoms. The Balaban J connectivity index is 2.55. The van der Waals surface area contributed by atoms with Gasteiger partial charge in [0.25, 0.3) is 0 Å². The van der Waals surface area contributed by atoms with Crippen molar-refractivity contribution < 1.29 is 18.8 Å². The van der Waals surface area contributed by atoms with E-state index < -0.39 is 12.0 Å². The summed E-state index contributed by atoms with van der Waals surface area (Å²) in [6.07, 6.45) is 0. The Morgan fingerprint density at radius 3 is 2.65 bits per heavy atom. The fraction of sp³-hybridized carbons (Fsp3) is 0.667. The summed E-state index contributed by atoms with van der Waals surface area (Å²) in [4.78, 5) is 26.9. The fourth-order valence-electron chi connectivity index (χ4n) is 1.27. The van der Waals surface area contributed by atoms with Crippen LogP contribution in [0.4, 0.5) is 0 Å². The van der Waals surface area contributed by atoms with Gasteiger partial charge < -0.3 is 20.3 Å². The molecule has 8 nitrogen and oxygen atoms in total. The molecule has 3 N–H and O–H groups in total. The third-order valence-electron chi connectivity index (χ3n) is 2.55. The number of amides is 1. The van der Waals surface area contributed by atoms with Crippen molar-refractivity contribution in [3.63, 3.8) is 0 Å². The van der Waals surface area contributed by atoms with Crippen LogP contribution in [-0.2, 0) is 16.1 Å². The zero-order valence-electron chi connectivity index (χ0n) is 12.1. The van der Waals surface area contributed by atoms with E-state index >= 15 is 0 Å². The molecule has 0 aliphatic rings. The van der Waals surface area contributed by atoms with Crippen molar-refractivity contribution in [1.82, 2.24) is 15.5 Å². The molecule has 1 aromatic heterocycles. The lowest BCUT2D eigenvalue weighted by Crippen LogP contribution is -2.48. The molecule has 0 bridgehead atoms. The van der Waals surface area contributed by atoms with Crippen molar-refractivity contribution in [2.75, 3.05) is 6.61 Å². The van der Waals surface area contributed by atoms with Gasteiger partial charge in [-0.2, -0.15) is 4.98 Å². The van der Waals surface area contributed by atoms with Crippen molar-refractivity contribution in [1.29, 1.82) is 0 Å². The summed E-state index contributed by atoms with van der Waals surface area (Å²) >= 11 is 0. The van der Waals surface area contributed by atoms with Crippen molar-refractivity contribution in [2.45, 2.75) is 40.3 Å². The summed E-state index contributed by atoms with van der Waals surface area (Å²) in [5.41, 5.74) is 5.45. The van der Waals surface area contributed by atoms with Crippen LogP contribution in [0.2, 0.25) is 0 Å². The van der Waals surface area contributed by atoms with E-state index in [0.717, 1.165) is 0 Å². The Hall–Kier alpha value is -1.96. The van der Waals surface area contributed by atoms with Crippen LogP contribution in [0.1, 0.15) is 44.2 Å². The highest BCUT2D eigenvalue weighted by Crippen LogP contribution is 2.17. The zero-order chi connectivity index (χ0) is 15.3. The van der Waals surface area contributed by atoms with Gasteiger partial charge in [0.05, 0.1) is 19.2 Å². The molecular formula is C12H20N4O4. The second kappa shape index (κ2) is 6.47. The number of aromatic nitrogens is 2. The second-order valence-corrected chi connectivity index (χ2v) is 5.30. The Kier molecular flexibility index (Phi) is 5.20. The van der Waals surface area contributed by atoms with Crippen LogP contribution in [0, 0.1) is 5.41 Å². The highest BCUT2D eigenvalue weighted by molar-refractivity contribution is 5.84. The molecule has 0 aliphatic carbocycles. The van der Waals surface area contributed by atoms with Crippen LogP contribution in [0.5, 0.6) is 0 Å². The number of hydrogen-bond acceptors (Lipinski definition) is 7. The summed E-state index contributed by atoms with van der Waals surface area (Å²) in [5, 5.41) is 6.16. The second-order valence-electron chi connectivity index (χ2n) is 5.30. The van der Waals surface area contributed by atoms with Gasteiger partial charge in [-0.15, -0.1) is 0 Å². The van der Waals surface area contributed by atoms with Crippen LogP contribution in [0.25, 0.3) is 0 Å². The molecule has 1 amide bonds. The standard InChI is InChI=1S/C12H20N4O4/c1-5-19-11(18)10-15-7(16-20-10)6-14-9(17)8(13)12(2,3)4/h8H,5-6,13H2,1-4H3,(H,14,17). The molecule has 0 aliphatic heterocycles. The molecule has 0 fully saturated rings. The molecule has 0 saturated heterocycles. The quantitative estimate of drug-likeness (QED) is 0.743. The van der Waals surface area contributed by atoms with Crippen molar-refractivity contribution in [3.8, 4) is 0 Å². The maximum Gasteiger partial charge on any atom is 0.397 e. The lowest BCUT2D eigenvalue weighted by Gasteiger charge is -2.25. The van der Waals surface area contributed by atoms with Gasteiger partial charge in [0.1, 0.15) is 0 Å². The third-order valence-corrected chi connectivity index (χ3v) is 2.55. The number of nitrogens with two attached hydrogens (primary N) is 1. The third kappa shape index (κ3) is 4.30. The van der Waals surface area contributed by atoms with Crippen LogP contribution in [0.15, 0.2) is 4.52 Å². The number of ether oxygens (including phenoxy) is 1. The van der Waals surface area contributed by atoms with E-state index in [0.29, 0.717) is 0 Å². The molecule has 0 aromatic carbocycles. The SMILES string of the molecule is CCOC(=O)c1nc(CNC(=O)C(N)C(C)(C)C)no1. The summed E-state index contributed by atoms with van der Waals surface area (Å²) in [6.45, 7) is 7.52. The Morgan fingerprint density at radius 2 is 2.10 bits per heavy atom. The van der Waals surface area contributed by atoms with Gasteiger partial charge >= 0.3 is 11.9 Å². The van der Waals surface area contributed by atoms with E-state index in [9.17, 15) is 9.59 Å². The predicted octanol–water partition coefficient (Wildman–Crippen LogP) is 0.236. The fourth-order valence-corrected chi connectivity index (χ4v) is 1.27. The summed E-state index contributed by atoms with van der Waals surface area (Å²) in [5.74, 6) is -1.07. The first-order valence-electron chi connectivity index (χ1n) is 6.28. The van der Waals surface area contributed by atoms with Crippen molar-refractivity contribution >= 4 is 11.9 Å². The molecule has 20 heavy (non-hydrogen) atoms. The summed E-state index contributed by atoms with van der Waals surface area (Å²) < 4.78 is 9.43. The van der Waals surface area contributed by atoms with Crippen LogP contribution in [0.3, 0.4) is 0 Å². The van der Waals surface area contributed by atoms with Gasteiger partial charge in [-0.25, -0.2) is 4.79 Å². The number of hydrogen-bond donors (Lipinski definition) is 2. The van der Waals surface area contributed by atoms with Gasteiger partial charge in [0.2, 0.25) is 5.91 Å². The molecule has 1 unspecified atom stereocenters. The lowest BCUT2D eigenvalue weighted by atomic mass is 9.87.